The van der Waals surface area contributed by atoms with E-state index in [-0.39, 0.29) is 36.1 Å². The summed E-state index contributed by atoms with van der Waals surface area (Å²) < 4.78 is 0. The van der Waals surface area contributed by atoms with Gasteiger partial charge < -0.3 is 10.2 Å². The van der Waals surface area contributed by atoms with Crippen molar-refractivity contribution in [1.82, 2.24) is 15.2 Å². The van der Waals surface area contributed by atoms with Gasteiger partial charge in [0.25, 0.3) is 0 Å². The second kappa shape index (κ2) is 7.43. The lowest BCUT2D eigenvalue weighted by atomic mass is 9.88. The van der Waals surface area contributed by atoms with Gasteiger partial charge in [-0.15, -0.1) is 36.2 Å². The number of thiazole rings is 1. The van der Waals surface area contributed by atoms with Gasteiger partial charge in [0, 0.05) is 18.5 Å². The summed E-state index contributed by atoms with van der Waals surface area (Å²) in [5, 5.41) is 3.26. The van der Waals surface area contributed by atoms with Crippen LogP contribution in [0.5, 0.6) is 0 Å². The van der Waals surface area contributed by atoms with E-state index in [4.69, 9.17) is 0 Å². The molecular weight excluding hydrogens is 305 g/mol. The van der Waals surface area contributed by atoms with Crippen LogP contribution >= 0.6 is 36.2 Å². The van der Waals surface area contributed by atoms with Crippen LogP contribution in [-0.2, 0) is 11.3 Å². The van der Waals surface area contributed by atoms with Gasteiger partial charge in [-0.2, -0.15) is 0 Å². The minimum atomic E-state index is -0.229. The third kappa shape index (κ3) is 4.05. The monoisotopic (exact) mass is 325 g/mol. The first-order chi connectivity index (χ1) is 8.03. The molecule has 1 N–H and O–H groups in total. The molecule has 1 unspecified atom stereocenters. The van der Waals surface area contributed by atoms with E-state index in [2.05, 4.69) is 10.3 Å². The molecule has 1 atom stereocenters. The summed E-state index contributed by atoms with van der Waals surface area (Å²) in [7, 11) is 1.88. The Morgan fingerprint density at radius 3 is 2.74 bits per heavy atom. The molecule has 0 saturated carbocycles. The molecule has 7 heteroatoms. The predicted octanol–water partition coefficient (Wildman–Crippen LogP) is 2.25. The summed E-state index contributed by atoms with van der Waals surface area (Å²) in [5.41, 5.74) is 2.64. The van der Waals surface area contributed by atoms with Crippen molar-refractivity contribution in [2.75, 3.05) is 20.1 Å². The van der Waals surface area contributed by atoms with Crippen LogP contribution in [-0.4, -0.2) is 35.9 Å². The van der Waals surface area contributed by atoms with E-state index in [1.165, 1.54) is 4.88 Å². The van der Waals surface area contributed by atoms with Gasteiger partial charge >= 0.3 is 0 Å². The Bertz CT molecular complexity index is 419. The molecule has 110 valence electrons. The highest BCUT2D eigenvalue weighted by Gasteiger charge is 2.38. The van der Waals surface area contributed by atoms with Gasteiger partial charge in [0.15, 0.2) is 0 Å². The SMILES string of the molecule is Cc1ncsc1CN(C)C(=O)C1(C)CCNC1.Cl.Cl. The first kappa shape index (κ1) is 18.6. The maximum absolute atomic E-state index is 12.4. The van der Waals surface area contributed by atoms with Crippen molar-refractivity contribution >= 4 is 42.1 Å². The Labute approximate surface area is 130 Å². The first-order valence-electron chi connectivity index (χ1n) is 5.88. The molecule has 1 fully saturated rings. The van der Waals surface area contributed by atoms with Crippen LogP contribution in [0, 0.1) is 12.3 Å². The minimum absolute atomic E-state index is 0. The maximum Gasteiger partial charge on any atom is 0.229 e. The number of carbonyl (C=O) groups excluding carboxylic acids is 1. The van der Waals surface area contributed by atoms with Gasteiger partial charge in [0.2, 0.25) is 5.91 Å². The summed E-state index contributed by atoms with van der Waals surface area (Å²) in [4.78, 5) is 19.6. The van der Waals surface area contributed by atoms with Crippen LogP contribution in [0.2, 0.25) is 0 Å². The molecular formula is C12H21Cl2N3OS. The van der Waals surface area contributed by atoms with E-state index in [0.29, 0.717) is 6.54 Å². The zero-order valence-electron chi connectivity index (χ0n) is 11.4. The lowest BCUT2D eigenvalue weighted by Crippen LogP contribution is -2.41. The van der Waals surface area contributed by atoms with Gasteiger partial charge in [-0.05, 0) is 26.8 Å². The van der Waals surface area contributed by atoms with Crippen LogP contribution in [0.3, 0.4) is 0 Å². The molecule has 0 spiro atoms. The number of hydrogen-bond acceptors (Lipinski definition) is 4. The van der Waals surface area contributed by atoms with Gasteiger partial charge in [0.05, 0.1) is 23.2 Å². The zero-order chi connectivity index (χ0) is 12.5. The standard InChI is InChI=1S/C12H19N3OS.2ClH/c1-9-10(17-8-14-9)6-15(3)11(16)12(2)4-5-13-7-12;;/h8,13H,4-7H2,1-3H3;2*1H. The summed E-state index contributed by atoms with van der Waals surface area (Å²) in [5.74, 6) is 0.232. The fourth-order valence-electron chi connectivity index (χ4n) is 2.23. The van der Waals surface area contributed by atoms with Crippen LogP contribution in [0.25, 0.3) is 0 Å². The molecule has 19 heavy (non-hydrogen) atoms. The highest BCUT2D eigenvalue weighted by Crippen LogP contribution is 2.27. The van der Waals surface area contributed by atoms with Crippen LogP contribution in [0.1, 0.15) is 23.9 Å². The van der Waals surface area contributed by atoms with Crippen LogP contribution in [0.15, 0.2) is 5.51 Å². The molecule has 1 saturated heterocycles. The fraction of sp³-hybridized carbons (Fsp3) is 0.667. The summed E-state index contributed by atoms with van der Waals surface area (Å²) >= 11 is 1.62. The predicted molar refractivity (Wildman–Crippen MR) is 83.4 cm³/mol. The number of nitrogens with zero attached hydrogens (tertiary/aromatic N) is 2. The van der Waals surface area contributed by atoms with Crippen molar-refractivity contribution in [3.63, 3.8) is 0 Å². The average molecular weight is 326 g/mol. The molecule has 0 aromatic carbocycles. The topological polar surface area (TPSA) is 45.2 Å². The smallest absolute Gasteiger partial charge is 0.229 e. The van der Waals surface area contributed by atoms with E-state index in [9.17, 15) is 4.79 Å². The molecule has 0 aliphatic carbocycles. The second-order valence-corrected chi connectivity index (χ2v) is 5.95. The highest BCUT2D eigenvalue weighted by atomic mass is 35.5. The van der Waals surface area contributed by atoms with Crippen molar-refractivity contribution in [2.24, 2.45) is 5.41 Å². The third-order valence-electron chi connectivity index (χ3n) is 3.46. The van der Waals surface area contributed by atoms with Crippen molar-refractivity contribution in [3.8, 4) is 0 Å². The largest absolute Gasteiger partial charge is 0.340 e. The van der Waals surface area contributed by atoms with E-state index >= 15 is 0 Å². The third-order valence-corrected chi connectivity index (χ3v) is 4.38. The van der Waals surface area contributed by atoms with Crippen molar-refractivity contribution in [2.45, 2.75) is 26.8 Å². The van der Waals surface area contributed by atoms with Crippen molar-refractivity contribution in [3.05, 3.63) is 16.1 Å². The number of halogens is 2. The lowest BCUT2D eigenvalue weighted by molar-refractivity contribution is -0.139. The maximum atomic E-state index is 12.4. The minimum Gasteiger partial charge on any atom is -0.340 e. The van der Waals surface area contributed by atoms with E-state index in [1.807, 2.05) is 31.3 Å². The number of carbonyl (C=O) groups is 1. The first-order valence-corrected chi connectivity index (χ1v) is 6.76. The molecule has 1 amide bonds. The van der Waals surface area contributed by atoms with Gasteiger partial charge in [-0.3, -0.25) is 4.79 Å². The Morgan fingerprint density at radius 1 is 1.58 bits per heavy atom. The van der Waals surface area contributed by atoms with Crippen LogP contribution in [0.4, 0.5) is 0 Å². The zero-order valence-corrected chi connectivity index (χ0v) is 13.9. The molecule has 0 bridgehead atoms. The average Bonchev–Trinajstić information content (AvgIpc) is 2.89. The molecule has 1 aliphatic heterocycles. The molecule has 0 radical (unpaired) electrons. The Kier molecular flexibility index (Phi) is 7.29. The fourth-order valence-corrected chi connectivity index (χ4v) is 3.05. The highest BCUT2D eigenvalue weighted by molar-refractivity contribution is 7.09. The van der Waals surface area contributed by atoms with E-state index in [1.54, 1.807) is 11.3 Å². The van der Waals surface area contributed by atoms with Crippen molar-refractivity contribution < 1.29 is 4.79 Å². The summed E-state index contributed by atoms with van der Waals surface area (Å²) in [6.07, 6.45) is 0.928. The normalized spacial score (nSPS) is 21.4. The van der Waals surface area contributed by atoms with Gasteiger partial charge in [-0.1, -0.05) is 0 Å². The Hall–Kier alpha value is -0.360. The summed E-state index contributed by atoms with van der Waals surface area (Å²) in [6, 6.07) is 0. The van der Waals surface area contributed by atoms with Crippen LogP contribution < -0.4 is 5.32 Å². The quantitative estimate of drug-likeness (QED) is 0.927. The number of nitrogens with one attached hydrogen (secondary N) is 1. The molecule has 1 aromatic heterocycles. The summed E-state index contributed by atoms with van der Waals surface area (Å²) in [6.45, 7) is 6.44. The van der Waals surface area contributed by atoms with Crippen molar-refractivity contribution in [1.29, 1.82) is 0 Å². The number of aryl methyl sites for hydroxylation is 1. The second-order valence-electron chi connectivity index (χ2n) is 5.01. The van der Waals surface area contributed by atoms with E-state index < -0.39 is 0 Å². The Morgan fingerprint density at radius 2 is 2.26 bits per heavy atom. The Balaban J connectivity index is 0.00000162. The number of aromatic nitrogens is 1. The van der Waals surface area contributed by atoms with E-state index in [0.717, 1.165) is 25.2 Å². The molecule has 1 aromatic rings. The lowest BCUT2D eigenvalue weighted by Gasteiger charge is -2.28. The number of rotatable bonds is 3. The number of amides is 1. The molecule has 4 nitrogen and oxygen atoms in total. The van der Waals surface area contributed by atoms with Gasteiger partial charge in [-0.25, -0.2) is 4.98 Å². The molecule has 2 rings (SSSR count). The molecule has 2 heterocycles. The molecule has 1 aliphatic rings. The number of hydrogen-bond donors (Lipinski definition) is 1. The van der Waals surface area contributed by atoms with Gasteiger partial charge in [0.1, 0.15) is 0 Å².